The van der Waals surface area contributed by atoms with E-state index in [1.54, 1.807) is 19.2 Å². The van der Waals surface area contributed by atoms with Crippen molar-refractivity contribution < 1.29 is 23.2 Å². The Bertz CT molecular complexity index is 1200. The number of aryl methyl sites for hydroxylation is 1. The summed E-state index contributed by atoms with van der Waals surface area (Å²) in [6.45, 7) is 0.963. The Balaban J connectivity index is 1.29. The van der Waals surface area contributed by atoms with E-state index in [9.17, 15) is 23.2 Å². The number of carbonyl (C=O) groups is 3. The topological polar surface area (TPSA) is 78.5 Å². The largest absolute Gasteiger partial charge is 0.356 e. The average molecular weight is 482 g/mol. The number of carbonyl (C=O) groups excluding carboxylic acids is 3. The third-order valence-corrected chi connectivity index (χ3v) is 7.94. The van der Waals surface area contributed by atoms with Gasteiger partial charge in [-0.1, -0.05) is 18.2 Å². The molecule has 0 bridgehead atoms. The van der Waals surface area contributed by atoms with Crippen LogP contribution in [0.3, 0.4) is 0 Å². The number of nitrogens with one attached hydrogen (secondary N) is 2. The lowest BCUT2D eigenvalue weighted by Crippen LogP contribution is -2.46. The normalized spacial score (nSPS) is 26.3. The monoisotopic (exact) mass is 481 g/mol. The van der Waals surface area contributed by atoms with E-state index in [1.807, 2.05) is 12.1 Å². The summed E-state index contributed by atoms with van der Waals surface area (Å²) in [7, 11) is 1.62. The summed E-state index contributed by atoms with van der Waals surface area (Å²) < 4.78 is 28.1. The van der Waals surface area contributed by atoms with Crippen LogP contribution < -0.4 is 10.6 Å². The Kier molecular flexibility index (Phi) is 6.07. The fourth-order valence-electron chi connectivity index (χ4n) is 5.86. The highest BCUT2D eigenvalue weighted by Crippen LogP contribution is 2.41. The highest BCUT2D eigenvalue weighted by Gasteiger charge is 2.44. The second kappa shape index (κ2) is 9.06. The Hall–Kier alpha value is -3.29. The van der Waals surface area contributed by atoms with E-state index in [0.717, 1.165) is 36.5 Å². The van der Waals surface area contributed by atoms with Crippen molar-refractivity contribution in [3.8, 4) is 0 Å². The lowest BCUT2D eigenvalue weighted by atomic mass is 9.70. The number of likely N-dealkylation sites (N-methyl/N-ethyl adjacent to an activating group) is 1. The van der Waals surface area contributed by atoms with Crippen molar-refractivity contribution in [2.24, 2.45) is 5.41 Å². The van der Waals surface area contributed by atoms with E-state index >= 15 is 0 Å². The van der Waals surface area contributed by atoms with Gasteiger partial charge >= 0.3 is 0 Å². The van der Waals surface area contributed by atoms with Crippen molar-refractivity contribution >= 4 is 17.7 Å². The van der Waals surface area contributed by atoms with Gasteiger partial charge in [0.2, 0.25) is 11.8 Å². The maximum atomic E-state index is 14.4. The molecule has 0 aromatic heterocycles. The summed E-state index contributed by atoms with van der Waals surface area (Å²) in [5.74, 6) is -2.61. The molecule has 2 heterocycles. The van der Waals surface area contributed by atoms with Crippen molar-refractivity contribution in [3.05, 3.63) is 70.3 Å². The SMILES string of the molecule is CN1C[C@H](c2cccc(F)c2F)CC[C@@H](NC(=O)c2ccc3c(c2)CCC2(CCNC2=O)C3)C1=O. The van der Waals surface area contributed by atoms with Gasteiger partial charge in [0.1, 0.15) is 6.04 Å². The highest BCUT2D eigenvalue weighted by molar-refractivity contribution is 5.98. The number of likely N-dealkylation sites (tertiary alicyclic amines) is 1. The van der Waals surface area contributed by atoms with Crippen LogP contribution in [0, 0.1) is 17.0 Å². The fraction of sp³-hybridized carbons (Fsp3) is 0.444. The first-order chi connectivity index (χ1) is 16.8. The van der Waals surface area contributed by atoms with E-state index in [-0.39, 0.29) is 41.2 Å². The highest BCUT2D eigenvalue weighted by atomic mass is 19.2. The van der Waals surface area contributed by atoms with Crippen LogP contribution >= 0.6 is 0 Å². The molecule has 3 atom stereocenters. The van der Waals surface area contributed by atoms with Crippen LogP contribution in [-0.2, 0) is 22.4 Å². The zero-order chi connectivity index (χ0) is 24.7. The van der Waals surface area contributed by atoms with Crippen molar-refractivity contribution in [2.75, 3.05) is 20.1 Å². The van der Waals surface area contributed by atoms with Gasteiger partial charge in [0.15, 0.2) is 11.6 Å². The maximum Gasteiger partial charge on any atom is 0.251 e. The van der Waals surface area contributed by atoms with E-state index in [4.69, 9.17) is 0 Å². The Morgan fingerprint density at radius 1 is 1.11 bits per heavy atom. The summed E-state index contributed by atoms with van der Waals surface area (Å²) in [6.07, 6.45) is 3.79. The summed E-state index contributed by atoms with van der Waals surface area (Å²) >= 11 is 0. The summed E-state index contributed by atoms with van der Waals surface area (Å²) in [6, 6.07) is 8.88. The molecule has 1 unspecified atom stereocenters. The summed E-state index contributed by atoms with van der Waals surface area (Å²) in [5.41, 5.74) is 2.55. The molecule has 0 radical (unpaired) electrons. The van der Waals surface area contributed by atoms with Crippen LogP contribution in [0.4, 0.5) is 8.78 Å². The Morgan fingerprint density at radius 3 is 2.71 bits per heavy atom. The second-order valence-electron chi connectivity index (χ2n) is 10.1. The van der Waals surface area contributed by atoms with E-state index in [2.05, 4.69) is 10.6 Å². The number of rotatable bonds is 3. The van der Waals surface area contributed by atoms with Crippen LogP contribution in [0.25, 0.3) is 0 Å². The fourth-order valence-corrected chi connectivity index (χ4v) is 5.86. The van der Waals surface area contributed by atoms with Crippen molar-refractivity contribution in [1.82, 2.24) is 15.5 Å². The van der Waals surface area contributed by atoms with Crippen LogP contribution in [-0.4, -0.2) is 48.8 Å². The molecule has 8 heteroatoms. The number of hydrogen-bond donors (Lipinski definition) is 2. The third kappa shape index (κ3) is 4.30. The van der Waals surface area contributed by atoms with Gasteiger partial charge in [-0.2, -0.15) is 0 Å². The van der Waals surface area contributed by atoms with Gasteiger partial charge in [0, 0.05) is 31.6 Å². The predicted octanol–water partition coefficient (Wildman–Crippen LogP) is 3.09. The maximum absolute atomic E-state index is 14.4. The molecule has 2 aliphatic heterocycles. The quantitative estimate of drug-likeness (QED) is 0.707. The molecular formula is C27H29F2N3O3. The molecule has 1 aliphatic carbocycles. The molecule has 0 saturated carbocycles. The first-order valence-corrected chi connectivity index (χ1v) is 12.2. The van der Waals surface area contributed by atoms with Gasteiger partial charge in [-0.3, -0.25) is 14.4 Å². The van der Waals surface area contributed by atoms with Gasteiger partial charge < -0.3 is 15.5 Å². The Labute approximate surface area is 203 Å². The van der Waals surface area contributed by atoms with Crippen molar-refractivity contribution in [1.29, 1.82) is 0 Å². The molecule has 2 aromatic rings. The average Bonchev–Trinajstić information content (AvgIpc) is 3.13. The minimum atomic E-state index is -0.905. The second-order valence-corrected chi connectivity index (χ2v) is 10.1. The molecule has 184 valence electrons. The molecule has 5 rings (SSSR count). The molecule has 2 fully saturated rings. The molecule has 35 heavy (non-hydrogen) atoms. The number of nitrogens with zero attached hydrogens (tertiary/aromatic N) is 1. The number of halogens is 2. The van der Waals surface area contributed by atoms with Gasteiger partial charge in [0.25, 0.3) is 5.91 Å². The van der Waals surface area contributed by atoms with Crippen molar-refractivity contribution in [3.63, 3.8) is 0 Å². The van der Waals surface area contributed by atoms with Gasteiger partial charge in [-0.25, -0.2) is 8.78 Å². The lowest BCUT2D eigenvalue weighted by Gasteiger charge is -2.32. The molecule has 2 aromatic carbocycles. The first kappa shape index (κ1) is 23.5. The molecule has 2 saturated heterocycles. The molecule has 1 spiro atoms. The number of benzene rings is 2. The first-order valence-electron chi connectivity index (χ1n) is 12.2. The summed E-state index contributed by atoms with van der Waals surface area (Å²) in [5, 5.41) is 5.79. The standard InChI is InChI=1S/C27H29F2N3O3/c1-32-15-19(20-3-2-4-21(28)23(20)29)7-8-22(25(32)34)31-24(33)17-5-6-18-14-27(10-9-16(18)13-17)11-12-30-26(27)35/h2-6,13,19,22H,7-12,14-15H2,1H3,(H,30,35)(H,31,33)/t19-,22-,27?/m1/s1. The lowest BCUT2D eigenvalue weighted by molar-refractivity contribution is -0.131. The molecule has 2 N–H and O–H groups in total. The minimum Gasteiger partial charge on any atom is -0.356 e. The van der Waals surface area contributed by atoms with Crippen molar-refractivity contribution in [2.45, 2.75) is 50.5 Å². The number of fused-ring (bicyclic) bond motifs is 1. The molecule has 3 aliphatic rings. The molecule has 6 nitrogen and oxygen atoms in total. The van der Waals surface area contributed by atoms with Gasteiger partial charge in [-0.15, -0.1) is 0 Å². The predicted molar refractivity (Wildman–Crippen MR) is 126 cm³/mol. The molecule has 3 amide bonds. The zero-order valence-electron chi connectivity index (χ0n) is 19.7. The number of amides is 3. The minimum absolute atomic E-state index is 0.123. The number of hydrogen-bond acceptors (Lipinski definition) is 3. The Morgan fingerprint density at radius 2 is 1.94 bits per heavy atom. The van der Waals surface area contributed by atoms with Crippen LogP contribution in [0.2, 0.25) is 0 Å². The van der Waals surface area contributed by atoms with Crippen LogP contribution in [0.15, 0.2) is 36.4 Å². The van der Waals surface area contributed by atoms with Crippen LogP contribution in [0.5, 0.6) is 0 Å². The van der Waals surface area contributed by atoms with Gasteiger partial charge in [-0.05, 0) is 73.4 Å². The molecular weight excluding hydrogens is 452 g/mol. The van der Waals surface area contributed by atoms with E-state index < -0.39 is 17.7 Å². The summed E-state index contributed by atoms with van der Waals surface area (Å²) in [4.78, 5) is 39.8. The van der Waals surface area contributed by atoms with E-state index in [1.165, 1.54) is 11.0 Å². The zero-order valence-corrected chi connectivity index (χ0v) is 19.7. The van der Waals surface area contributed by atoms with E-state index in [0.29, 0.717) is 31.4 Å². The third-order valence-electron chi connectivity index (χ3n) is 7.94. The smallest absolute Gasteiger partial charge is 0.251 e. The van der Waals surface area contributed by atoms with Gasteiger partial charge in [0.05, 0.1) is 5.41 Å². The van der Waals surface area contributed by atoms with Crippen LogP contribution in [0.1, 0.15) is 58.6 Å².